The normalized spacial score (nSPS) is 14.6. The predicted molar refractivity (Wildman–Crippen MR) is 127 cm³/mol. The molecule has 0 aliphatic carbocycles. The molecule has 1 amide bonds. The molecule has 1 saturated heterocycles. The number of nitrogens with zero attached hydrogens (tertiary/aromatic N) is 4. The number of amides is 1. The van der Waals surface area contributed by atoms with E-state index in [1.807, 2.05) is 34.5 Å². The number of thiophene rings is 1. The van der Waals surface area contributed by atoms with Crippen molar-refractivity contribution >= 4 is 17.2 Å². The molecule has 168 valence electrons. The molecule has 1 aliphatic heterocycles. The van der Waals surface area contributed by atoms with Crippen molar-refractivity contribution in [2.75, 3.05) is 26.2 Å². The molecule has 0 atom stereocenters. The van der Waals surface area contributed by atoms with Crippen LogP contribution in [0.1, 0.15) is 17.2 Å². The van der Waals surface area contributed by atoms with E-state index in [0.29, 0.717) is 18.9 Å². The van der Waals surface area contributed by atoms with Gasteiger partial charge in [-0.05, 0) is 22.6 Å². The molecule has 3 heterocycles. The van der Waals surface area contributed by atoms with Gasteiger partial charge < -0.3 is 4.90 Å². The molecule has 0 bridgehead atoms. The molecule has 0 N–H and O–H groups in total. The van der Waals surface area contributed by atoms with Gasteiger partial charge in [-0.25, -0.2) is 9.36 Å². The Hall–Kier alpha value is -3.49. The van der Waals surface area contributed by atoms with Crippen molar-refractivity contribution in [1.29, 1.82) is 0 Å². The molecule has 0 saturated carbocycles. The zero-order valence-electron chi connectivity index (χ0n) is 18.0. The average Bonchev–Trinajstić information content (AvgIpc) is 3.51. The van der Waals surface area contributed by atoms with E-state index < -0.39 is 5.76 Å². The lowest BCUT2D eigenvalue weighted by Crippen LogP contribution is -2.50. The van der Waals surface area contributed by atoms with Crippen LogP contribution in [0.15, 0.2) is 87.5 Å². The smallest absolute Gasteiger partial charge is 0.339 e. The van der Waals surface area contributed by atoms with Crippen molar-refractivity contribution in [2.24, 2.45) is 0 Å². The van der Waals surface area contributed by atoms with Gasteiger partial charge in [-0.2, -0.15) is 0 Å². The third-order valence-electron chi connectivity index (χ3n) is 5.98. The molecule has 0 radical (unpaired) electrons. The Labute approximate surface area is 195 Å². The van der Waals surface area contributed by atoms with Gasteiger partial charge in [0, 0.05) is 26.2 Å². The number of hydrogen-bond acceptors (Lipinski definition) is 6. The van der Waals surface area contributed by atoms with Crippen LogP contribution >= 0.6 is 11.3 Å². The van der Waals surface area contributed by atoms with E-state index >= 15 is 0 Å². The zero-order valence-corrected chi connectivity index (χ0v) is 18.9. The van der Waals surface area contributed by atoms with Crippen molar-refractivity contribution in [3.63, 3.8) is 0 Å². The minimum atomic E-state index is -0.612. The summed E-state index contributed by atoms with van der Waals surface area (Å²) in [6.07, 6.45) is 0. The Balaban J connectivity index is 1.29. The minimum Gasteiger partial charge on any atom is -0.339 e. The van der Waals surface area contributed by atoms with E-state index in [9.17, 15) is 9.59 Å². The van der Waals surface area contributed by atoms with Gasteiger partial charge in [-0.15, -0.1) is 11.3 Å². The Morgan fingerprint density at radius 1 is 0.909 bits per heavy atom. The third kappa shape index (κ3) is 4.53. The fourth-order valence-electron chi connectivity index (χ4n) is 4.34. The number of carbonyl (C=O) groups is 1. The summed E-state index contributed by atoms with van der Waals surface area (Å²) < 4.78 is 6.16. The number of hydrogen-bond donors (Lipinski definition) is 0. The van der Waals surface area contributed by atoms with Gasteiger partial charge in [0.15, 0.2) is 5.82 Å². The number of carbonyl (C=O) groups excluding carboxylic acids is 1. The summed E-state index contributed by atoms with van der Waals surface area (Å²) in [7, 11) is 0. The lowest BCUT2D eigenvalue weighted by Gasteiger charge is -2.39. The van der Waals surface area contributed by atoms with Crippen molar-refractivity contribution in [2.45, 2.75) is 12.6 Å². The van der Waals surface area contributed by atoms with Crippen molar-refractivity contribution in [3.05, 3.63) is 99.9 Å². The fourth-order valence-corrected chi connectivity index (χ4v) is 5.05. The van der Waals surface area contributed by atoms with Crippen LogP contribution < -0.4 is 5.76 Å². The standard InChI is InChI=1S/C25H24N4O3S/c30-22(18-29-24(26-32-25(29)31)21-12-7-17-33-21)27-13-15-28(16-14-27)23(19-8-3-1-4-9-19)20-10-5-2-6-11-20/h1-12,17,23H,13-16,18H2. The topological polar surface area (TPSA) is 71.6 Å². The maximum absolute atomic E-state index is 13.0. The van der Waals surface area contributed by atoms with E-state index in [1.165, 1.54) is 27.0 Å². The van der Waals surface area contributed by atoms with Gasteiger partial charge in [0.25, 0.3) is 0 Å². The molecule has 2 aromatic heterocycles. The summed E-state index contributed by atoms with van der Waals surface area (Å²) in [6.45, 7) is 2.62. The zero-order chi connectivity index (χ0) is 22.6. The van der Waals surface area contributed by atoms with Gasteiger partial charge >= 0.3 is 5.76 Å². The SMILES string of the molecule is O=C(Cn1c(-c2cccs2)noc1=O)N1CCN(C(c2ccccc2)c2ccccc2)CC1. The summed E-state index contributed by atoms with van der Waals surface area (Å²) in [4.78, 5) is 30.2. The highest BCUT2D eigenvalue weighted by Gasteiger charge is 2.29. The van der Waals surface area contributed by atoms with Crippen LogP contribution in [0, 0.1) is 0 Å². The summed E-state index contributed by atoms with van der Waals surface area (Å²) in [5.41, 5.74) is 2.47. The van der Waals surface area contributed by atoms with E-state index in [0.717, 1.165) is 18.0 Å². The van der Waals surface area contributed by atoms with Crippen LogP contribution in [-0.2, 0) is 11.3 Å². The number of benzene rings is 2. The summed E-state index contributed by atoms with van der Waals surface area (Å²) in [5.74, 6) is -0.317. The molecule has 2 aromatic carbocycles. The summed E-state index contributed by atoms with van der Waals surface area (Å²) >= 11 is 1.45. The molecule has 33 heavy (non-hydrogen) atoms. The largest absolute Gasteiger partial charge is 0.442 e. The fraction of sp³-hybridized carbons (Fsp3) is 0.240. The van der Waals surface area contributed by atoms with Crippen LogP contribution in [0.5, 0.6) is 0 Å². The molecular weight excluding hydrogens is 436 g/mol. The number of rotatable bonds is 6. The Bertz CT molecular complexity index is 1200. The van der Waals surface area contributed by atoms with E-state index in [-0.39, 0.29) is 18.5 Å². The first-order chi connectivity index (χ1) is 16.2. The van der Waals surface area contributed by atoms with Gasteiger partial charge in [0.1, 0.15) is 6.54 Å². The second-order valence-electron chi connectivity index (χ2n) is 7.98. The summed E-state index contributed by atoms with van der Waals surface area (Å²) in [5, 5.41) is 5.76. The molecule has 1 fully saturated rings. The number of piperazine rings is 1. The monoisotopic (exact) mass is 460 g/mol. The van der Waals surface area contributed by atoms with Crippen molar-refractivity contribution in [1.82, 2.24) is 19.5 Å². The third-order valence-corrected chi connectivity index (χ3v) is 6.85. The first-order valence-electron chi connectivity index (χ1n) is 10.9. The van der Waals surface area contributed by atoms with E-state index in [2.05, 4.69) is 58.6 Å². The Morgan fingerprint density at radius 3 is 2.12 bits per heavy atom. The average molecular weight is 461 g/mol. The lowest BCUT2D eigenvalue weighted by atomic mass is 9.96. The minimum absolute atomic E-state index is 0.0730. The van der Waals surface area contributed by atoms with Gasteiger partial charge in [0.05, 0.1) is 10.9 Å². The molecule has 8 heteroatoms. The molecular formula is C25H24N4O3S. The maximum Gasteiger partial charge on any atom is 0.442 e. The molecule has 1 aliphatic rings. The molecule has 0 spiro atoms. The highest BCUT2D eigenvalue weighted by atomic mass is 32.1. The van der Waals surface area contributed by atoms with E-state index in [4.69, 9.17) is 4.52 Å². The Morgan fingerprint density at radius 2 is 1.55 bits per heavy atom. The molecule has 5 rings (SSSR count). The number of aromatic nitrogens is 2. The van der Waals surface area contributed by atoms with E-state index in [1.54, 1.807) is 0 Å². The quantitative estimate of drug-likeness (QED) is 0.440. The Kier molecular flexibility index (Phi) is 6.19. The second kappa shape index (κ2) is 9.56. The van der Waals surface area contributed by atoms with Gasteiger partial charge in [-0.1, -0.05) is 71.9 Å². The van der Waals surface area contributed by atoms with Crippen LogP contribution in [0.2, 0.25) is 0 Å². The van der Waals surface area contributed by atoms with Crippen molar-refractivity contribution in [3.8, 4) is 10.7 Å². The first kappa shape index (κ1) is 21.4. The van der Waals surface area contributed by atoms with Crippen LogP contribution in [0.4, 0.5) is 0 Å². The first-order valence-corrected chi connectivity index (χ1v) is 11.8. The lowest BCUT2D eigenvalue weighted by molar-refractivity contribution is -0.133. The second-order valence-corrected chi connectivity index (χ2v) is 8.92. The molecule has 0 unspecified atom stereocenters. The van der Waals surface area contributed by atoms with Gasteiger partial charge in [0.2, 0.25) is 5.91 Å². The summed E-state index contributed by atoms with van der Waals surface area (Å²) in [6, 6.07) is 24.8. The van der Waals surface area contributed by atoms with Gasteiger partial charge in [-0.3, -0.25) is 14.2 Å². The molecule has 7 nitrogen and oxygen atoms in total. The maximum atomic E-state index is 13.0. The molecule has 4 aromatic rings. The van der Waals surface area contributed by atoms with Crippen LogP contribution in [-0.4, -0.2) is 51.6 Å². The van der Waals surface area contributed by atoms with Crippen LogP contribution in [0.3, 0.4) is 0 Å². The highest BCUT2D eigenvalue weighted by Crippen LogP contribution is 2.29. The predicted octanol–water partition coefficient (Wildman–Crippen LogP) is 3.50. The highest BCUT2D eigenvalue weighted by molar-refractivity contribution is 7.13. The van der Waals surface area contributed by atoms with Crippen molar-refractivity contribution < 1.29 is 9.32 Å². The van der Waals surface area contributed by atoms with Crippen LogP contribution in [0.25, 0.3) is 10.7 Å².